The zero-order valence-corrected chi connectivity index (χ0v) is 37.1. The van der Waals surface area contributed by atoms with E-state index in [2.05, 4.69) is 13.8 Å². The van der Waals surface area contributed by atoms with Crippen molar-refractivity contribution >= 4 is 11.9 Å². The summed E-state index contributed by atoms with van der Waals surface area (Å²) in [6.45, 7) is 20.3. The predicted octanol–water partition coefficient (Wildman–Crippen LogP) is 11.7. The summed E-state index contributed by atoms with van der Waals surface area (Å²) in [5.41, 5.74) is 3.26. The van der Waals surface area contributed by atoms with E-state index in [1.54, 1.807) is 64.1 Å². The molecule has 3 aromatic carbocycles. The highest BCUT2D eigenvalue weighted by atomic mass is 16.5. The molecule has 0 aliphatic carbocycles. The zero-order chi connectivity index (χ0) is 44.1. The molecule has 0 unspecified atom stereocenters. The lowest BCUT2D eigenvalue weighted by molar-refractivity contribution is -0.144. The second-order valence-electron chi connectivity index (χ2n) is 16.8. The van der Waals surface area contributed by atoms with Gasteiger partial charge in [0.2, 0.25) is 0 Å². The van der Waals surface area contributed by atoms with Crippen molar-refractivity contribution in [2.24, 2.45) is 0 Å². The van der Waals surface area contributed by atoms with Gasteiger partial charge in [0.05, 0.1) is 13.2 Å². The van der Waals surface area contributed by atoms with Gasteiger partial charge < -0.3 is 40.1 Å². The van der Waals surface area contributed by atoms with E-state index in [0.717, 1.165) is 51.4 Å². The van der Waals surface area contributed by atoms with Crippen LogP contribution in [-0.2, 0) is 29.9 Å². The summed E-state index contributed by atoms with van der Waals surface area (Å²) in [4.78, 5) is 24.1. The molecular formula is C48H74O10. The third-order valence-corrected chi connectivity index (χ3v) is 10.5. The Balaban J connectivity index is 0.000000672. The van der Waals surface area contributed by atoms with Crippen LogP contribution in [0.5, 0.6) is 34.5 Å². The molecule has 0 atom stereocenters. The first-order valence-electron chi connectivity index (χ1n) is 21.0. The van der Waals surface area contributed by atoms with Crippen molar-refractivity contribution in [1.82, 2.24) is 0 Å². The molecule has 0 aromatic heterocycles. The molecule has 0 bridgehead atoms. The number of carbonyl (C=O) groups excluding carboxylic acids is 2. The van der Waals surface area contributed by atoms with E-state index in [1.807, 2.05) is 27.7 Å². The van der Waals surface area contributed by atoms with Crippen LogP contribution >= 0.6 is 0 Å². The van der Waals surface area contributed by atoms with Gasteiger partial charge >= 0.3 is 11.9 Å². The SMILES string of the molecule is CCCCCCOC(=O)CCCC(C)(C)c1cc(O)c(C(C)(C)CCCC(=O)OCCCCCC)cc1O.Cc1cc(O)c(C)cc1O.Cc1cc(O)c(C)cc1O. The van der Waals surface area contributed by atoms with Gasteiger partial charge in [-0.2, -0.15) is 0 Å². The van der Waals surface area contributed by atoms with Crippen molar-refractivity contribution in [3.05, 3.63) is 69.8 Å². The Hall–Kier alpha value is -4.60. The first kappa shape index (κ1) is 51.4. The molecule has 3 rings (SSSR count). The van der Waals surface area contributed by atoms with Crippen LogP contribution < -0.4 is 0 Å². The Bertz CT molecular complexity index is 1480. The summed E-state index contributed by atoms with van der Waals surface area (Å²) in [6, 6.07) is 9.50. The van der Waals surface area contributed by atoms with Crippen LogP contribution in [0.4, 0.5) is 0 Å². The van der Waals surface area contributed by atoms with Gasteiger partial charge in [0.1, 0.15) is 34.5 Å². The number of aryl methyl sites for hydroxylation is 4. The number of hydrogen-bond donors (Lipinski definition) is 6. The summed E-state index contributed by atoms with van der Waals surface area (Å²) in [7, 11) is 0. The monoisotopic (exact) mass is 811 g/mol. The second-order valence-corrected chi connectivity index (χ2v) is 16.8. The molecule has 6 N–H and O–H groups in total. The number of ether oxygens (including phenoxy) is 2. The van der Waals surface area contributed by atoms with E-state index in [4.69, 9.17) is 29.9 Å². The molecule has 0 fully saturated rings. The van der Waals surface area contributed by atoms with Crippen molar-refractivity contribution in [2.45, 2.75) is 170 Å². The van der Waals surface area contributed by atoms with Crippen LogP contribution in [0.3, 0.4) is 0 Å². The Labute approximate surface area is 348 Å². The maximum absolute atomic E-state index is 12.1. The number of carbonyl (C=O) groups is 2. The lowest BCUT2D eigenvalue weighted by Gasteiger charge is -2.30. The molecule has 0 spiro atoms. The lowest BCUT2D eigenvalue weighted by atomic mass is 9.75. The Morgan fingerprint density at radius 2 is 0.741 bits per heavy atom. The summed E-state index contributed by atoms with van der Waals surface area (Å²) < 4.78 is 10.7. The molecule has 0 amide bonds. The maximum atomic E-state index is 12.1. The molecule has 10 nitrogen and oxygen atoms in total. The first-order chi connectivity index (χ1) is 27.2. The Morgan fingerprint density at radius 3 is 1.02 bits per heavy atom. The van der Waals surface area contributed by atoms with Gasteiger partial charge in [-0.1, -0.05) is 80.1 Å². The van der Waals surface area contributed by atoms with Gasteiger partial charge in [-0.05, 0) is 136 Å². The maximum Gasteiger partial charge on any atom is 0.305 e. The molecule has 326 valence electrons. The minimum atomic E-state index is -0.424. The molecule has 0 aliphatic rings. The quantitative estimate of drug-likeness (QED) is 0.0366. The van der Waals surface area contributed by atoms with E-state index in [9.17, 15) is 19.8 Å². The molecule has 10 heteroatoms. The predicted molar refractivity (Wildman–Crippen MR) is 232 cm³/mol. The number of rotatable bonds is 20. The van der Waals surface area contributed by atoms with Crippen LogP contribution in [0.1, 0.15) is 165 Å². The Kier molecular flexibility index (Phi) is 22.8. The number of esters is 2. The van der Waals surface area contributed by atoms with Crippen LogP contribution in [0.2, 0.25) is 0 Å². The zero-order valence-electron chi connectivity index (χ0n) is 37.1. The second kappa shape index (κ2) is 25.7. The molecule has 0 saturated heterocycles. The van der Waals surface area contributed by atoms with Gasteiger partial charge in [-0.15, -0.1) is 0 Å². The normalized spacial score (nSPS) is 11.2. The fourth-order valence-electron chi connectivity index (χ4n) is 6.43. The molecule has 0 saturated carbocycles. The van der Waals surface area contributed by atoms with E-state index < -0.39 is 10.8 Å². The highest BCUT2D eigenvalue weighted by molar-refractivity contribution is 5.69. The molecule has 0 aliphatic heterocycles. The fraction of sp³-hybridized carbons (Fsp3) is 0.583. The standard InChI is InChI=1S/C32H54O6.2C8H10O2/c1-7-9-11-13-21-37-29(35)17-15-19-31(3,4)25-23-28(34)26(24-27(25)33)32(5,6)20-16-18-30(36)38-22-14-12-10-8-2;2*1-5-3-8(10)6(2)4-7(5)9/h23-24,33-34H,7-22H2,1-6H3;2*3-4,9-10H,1-2H3. The molecule has 3 aromatic rings. The number of aromatic hydroxyl groups is 6. The van der Waals surface area contributed by atoms with Gasteiger partial charge in [-0.3, -0.25) is 9.59 Å². The number of phenolic OH excluding ortho intramolecular Hbond substituents is 6. The average molecular weight is 811 g/mol. The molecule has 58 heavy (non-hydrogen) atoms. The van der Waals surface area contributed by atoms with Crippen molar-refractivity contribution in [1.29, 1.82) is 0 Å². The minimum Gasteiger partial charge on any atom is -0.508 e. The number of phenols is 6. The van der Waals surface area contributed by atoms with Crippen LogP contribution in [-0.4, -0.2) is 55.8 Å². The highest BCUT2D eigenvalue weighted by Crippen LogP contribution is 2.43. The summed E-state index contributed by atoms with van der Waals surface area (Å²) in [5, 5.41) is 58.3. The van der Waals surface area contributed by atoms with Gasteiger partial charge in [-0.25, -0.2) is 0 Å². The largest absolute Gasteiger partial charge is 0.508 e. The molecule has 0 heterocycles. The van der Waals surface area contributed by atoms with E-state index >= 15 is 0 Å². The molecule has 0 radical (unpaired) electrons. The third-order valence-electron chi connectivity index (χ3n) is 10.5. The van der Waals surface area contributed by atoms with E-state index in [0.29, 0.717) is 85.1 Å². The van der Waals surface area contributed by atoms with Crippen molar-refractivity contribution in [3.63, 3.8) is 0 Å². The van der Waals surface area contributed by atoms with Crippen molar-refractivity contribution in [3.8, 4) is 34.5 Å². The van der Waals surface area contributed by atoms with Crippen molar-refractivity contribution in [2.75, 3.05) is 13.2 Å². The van der Waals surface area contributed by atoms with E-state index in [-0.39, 0.29) is 46.4 Å². The van der Waals surface area contributed by atoms with Gasteiger partial charge in [0.25, 0.3) is 0 Å². The van der Waals surface area contributed by atoms with Crippen LogP contribution in [0.15, 0.2) is 36.4 Å². The first-order valence-corrected chi connectivity index (χ1v) is 21.0. The van der Waals surface area contributed by atoms with Crippen molar-refractivity contribution < 1.29 is 49.7 Å². The van der Waals surface area contributed by atoms with Crippen LogP contribution in [0, 0.1) is 27.7 Å². The van der Waals surface area contributed by atoms with Gasteiger partial charge in [0.15, 0.2) is 0 Å². The topological polar surface area (TPSA) is 174 Å². The number of unbranched alkanes of at least 4 members (excludes halogenated alkanes) is 6. The Morgan fingerprint density at radius 1 is 0.448 bits per heavy atom. The summed E-state index contributed by atoms with van der Waals surface area (Å²) in [6.07, 6.45) is 11.9. The van der Waals surface area contributed by atoms with Crippen LogP contribution in [0.25, 0.3) is 0 Å². The third kappa shape index (κ3) is 18.8. The lowest BCUT2D eigenvalue weighted by Crippen LogP contribution is -2.21. The summed E-state index contributed by atoms with van der Waals surface area (Å²) >= 11 is 0. The molecular weight excluding hydrogens is 737 g/mol. The average Bonchev–Trinajstić information content (AvgIpc) is 3.14. The summed E-state index contributed by atoms with van der Waals surface area (Å²) in [5.74, 6) is 0.849. The number of benzene rings is 3. The fourth-order valence-corrected chi connectivity index (χ4v) is 6.43. The van der Waals surface area contributed by atoms with E-state index in [1.165, 1.54) is 0 Å². The highest BCUT2D eigenvalue weighted by Gasteiger charge is 2.30. The number of hydrogen-bond acceptors (Lipinski definition) is 10. The van der Waals surface area contributed by atoms with Gasteiger partial charge in [0, 0.05) is 24.0 Å². The smallest absolute Gasteiger partial charge is 0.305 e. The minimum absolute atomic E-state index is 0.140.